The Balaban J connectivity index is 1.98. The molecule has 2 aromatic carbocycles. The summed E-state index contributed by atoms with van der Waals surface area (Å²) < 4.78 is 11.8. The molecular weight excluding hydrogens is 388 g/mol. The Morgan fingerprint density at radius 3 is 2.39 bits per heavy atom. The zero-order valence-corrected chi connectivity index (χ0v) is 18.8. The minimum Gasteiger partial charge on any atom is -0.493 e. The largest absolute Gasteiger partial charge is 0.493 e. The van der Waals surface area contributed by atoms with Gasteiger partial charge in [-0.25, -0.2) is 4.99 Å². The van der Waals surface area contributed by atoms with E-state index >= 15 is 0 Å². The molecule has 0 atom stereocenters. The van der Waals surface area contributed by atoms with E-state index in [1.54, 1.807) is 30.5 Å². The number of ether oxygens (including phenoxy) is 2. The maximum absolute atomic E-state index is 11.3. The SMILES string of the molecule is CC(C)COc1ccc(C2=CC=COC(c3ccc(C(N)=O)cc3)=N2)cc1C(C)(C)C. The van der Waals surface area contributed by atoms with Crippen molar-refractivity contribution in [2.45, 2.75) is 40.0 Å². The lowest BCUT2D eigenvalue weighted by Gasteiger charge is -2.24. The Bertz CT molecular complexity index is 1040. The lowest BCUT2D eigenvalue weighted by molar-refractivity contribution is 0.100. The van der Waals surface area contributed by atoms with Gasteiger partial charge in [-0.3, -0.25) is 4.79 Å². The molecule has 0 aliphatic carbocycles. The van der Waals surface area contributed by atoms with Crippen LogP contribution in [0.2, 0.25) is 0 Å². The van der Waals surface area contributed by atoms with Crippen molar-refractivity contribution in [1.29, 1.82) is 0 Å². The van der Waals surface area contributed by atoms with Gasteiger partial charge in [0.2, 0.25) is 11.8 Å². The number of rotatable bonds is 6. The number of aliphatic imine (C=N–C) groups is 1. The van der Waals surface area contributed by atoms with Crippen LogP contribution in [0.1, 0.15) is 61.7 Å². The van der Waals surface area contributed by atoms with Crippen molar-refractivity contribution < 1.29 is 14.3 Å². The van der Waals surface area contributed by atoms with E-state index in [1.165, 1.54) is 0 Å². The summed E-state index contributed by atoms with van der Waals surface area (Å²) in [7, 11) is 0. The smallest absolute Gasteiger partial charge is 0.248 e. The molecule has 1 heterocycles. The second kappa shape index (κ2) is 9.21. The van der Waals surface area contributed by atoms with Crippen LogP contribution in [-0.2, 0) is 10.2 Å². The maximum Gasteiger partial charge on any atom is 0.248 e. The number of nitrogens with zero attached hydrogens (tertiary/aromatic N) is 1. The fourth-order valence-electron chi connectivity index (χ4n) is 3.14. The van der Waals surface area contributed by atoms with E-state index in [9.17, 15) is 4.79 Å². The number of allylic oxidation sites excluding steroid dienone is 2. The third kappa shape index (κ3) is 5.63. The number of carbonyl (C=O) groups is 1. The molecule has 0 radical (unpaired) electrons. The van der Waals surface area contributed by atoms with Crippen LogP contribution in [0.15, 0.2) is 65.9 Å². The molecule has 0 unspecified atom stereocenters. The molecule has 162 valence electrons. The summed E-state index contributed by atoms with van der Waals surface area (Å²) >= 11 is 0. The molecule has 2 N–H and O–H groups in total. The average Bonchev–Trinajstić information content (AvgIpc) is 2.98. The third-order valence-corrected chi connectivity index (χ3v) is 4.81. The first-order chi connectivity index (χ1) is 14.6. The van der Waals surface area contributed by atoms with Gasteiger partial charge in [0, 0.05) is 22.3 Å². The van der Waals surface area contributed by atoms with Crippen LogP contribution < -0.4 is 10.5 Å². The predicted octanol–water partition coefficient (Wildman–Crippen LogP) is 5.45. The quantitative estimate of drug-likeness (QED) is 0.678. The molecule has 5 heteroatoms. The molecule has 31 heavy (non-hydrogen) atoms. The first-order valence-corrected chi connectivity index (χ1v) is 10.5. The third-order valence-electron chi connectivity index (χ3n) is 4.81. The molecular formula is C26H30N2O3. The van der Waals surface area contributed by atoms with E-state index in [4.69, 9.17) is 20.2 Å². The Morgan fingerprint density at radius 1 is 1.10 bits per heavy atom. The Hall–Kier alpha value is -3.34. The highest BCUT2D eigenvalue weighted by Gasteiger charge is 2.21. The van der Waals surface area contributed by atoms with Gasteiger partial charge >= 0.3 is 0 Å². The molecule has 5 nitrogen and oxygen atoms in total. The highest BCUT2D eigenvalue weighted by atomic mass is 16.5. The van der Waals surface area contributed by atoms with E-state index in [-0.39, 0.29) is 5.41 Å². The fraction of sp³-hybridized carbons (Fsp3) is 0.308. The van der Waals surface area contributed by atoms with Crippen LogP contribution in [0, 0.1) is 5.92 Å². The van der Waals surface area contributed by atoms with Crippen molar-refractivity contribution >= 4 is 17.5 Å². The van der Waals surface area contributed by atoms with Crippen molar-refractivity contribution in [3.05, 3.63) is 83.1 Å². The van der Waals surface area contributed by atoms with Crippen LogP contribution in [0.25, 0.3) is 5.70 Å². The molecule has 0 spiro atoms. The first-order valence-electron chi connectivity index (χ1n) is 10.5. The van der Waals surface area contributed by atoms with E-state index in [0.717, 1.165) is 28.1 Å². The van der Waals surface area contributed by atoms with Crippen LogP contribution in [-0.4, -0.2) is 18.4 Å². The molecule has 1 amide bonds. The predicted molar refractivity (Wildman–Crippen MR) is 125 cm³/mol. The fourth-order valence-corrected chi connectivity index (χ4v) is 3.14. The highest BCUT2D eigenvalue weighted by Crippen LogP contribution is 2.35. The molecule has 0 aromatic heterocycles. The van der Waals surface area contributed by atoms with E-state index in [0.29, 0.717) is 24.0 Å². The van der Waals surface area contributed by atoms with Gasteiger partial charge in [-0.2, -0.15) is 0 Å². The van der Waals surface area contributed by atoms with Gasteiger partial charge in [0.05, 0.1) is 18.6 Å². The Kier molecular flexibility index (Phi) is 6.64. The normalized spacial score (nSPS) is 13.9. The van der Waals surface area contributed by atoms with Crippen LogP contribution in [0.4, 0.5) is 0 Å². The van der Waals surface area contributed by atoms with Gasteiger partial charge in [0.15, 0.2) is 0 Å². The Labute approximate surface area is 184 Å². The zero-order chi connectivity index (χ0) is 22.6. The van der Waals surface area contributed by atoms with Crippen LogP contribution in [0.3, 0.4) is 0 Å². The van der Waals surface area contributed by atoms with Gasteiger partial charge in [-0.05, 0) is 65.9 Å². The topological polar surface area (TPSA) is 73.9 Å². The molecule has 0 bridgehead atoms. The average molecular weight is 419 g/mol. The first kappa shape index (κ1) is 22.3. The molecule has 1 aliphatic rings. The summed E-state index contributed by atoms with van der Waals surface area (Å²) in [5.74, 6) is 1.34. The summed E-state index contributed by atoms with van der Waals surface area (Å²) in [4.78, 5) is 16.1. The monoisotopic (exact) mass is 418 g/mol. The van der Waals surface area contributed by atoms with Crippen molar-refractivity contribution in [2.24, 2.45) is 16.6 Å². The zero-order valence-electron chi connectivity index (χ0n) is 18.8. The maximum atomic E-state index is 11.3. The van der Waals surface area contributed by atoms with Crippen molar-refractivity contribution in [2.75, 3.05) is 6.61 Å². The lowest BCUT2D eigenvalue weighted by atomic mass is 9.85. The van der Waals surface area contributed by atoms with Crippen molar-refractivity contribution in [1.82, 2.24) is 0 Å². The van der Waals surface area contributed by atoms with E-state index < -0.39 is 5.91 Å². The van der Waals surface area contributed by atoms with Crippen molar-refractivity contribution in [3.8, 4) is 5.75 Å². The number of amides is 1. The number of hydrogen-bond acceptors (Lipinski definition) is 4. The summed E-state index contributed by atoms with van der Waals surface area (Å²) in [5, 5.41) is 0. The molecule has 2 aromatic rings. The summed E-state index contributed by atoms with van der Waals surface area (Å²) in [6.45, 7) is 11.5. The number of carbonyl (C=O) groups excluding carboxylic acids is 1. The minimum absolute atomic E-state index is 0.0862. The van der Waals surface area contributed by atoms with Gasteiger partial charge in [0.1, 0.15) is 5.75 Å². The van der Waals surface area contributed by atoms with Crippen LogP contribution >= 0.6 is 0 Å². The Morgan fingerprint density at radius 2 is 1.77 bits per heavy atom. The molecule has 0 saturated heterocycles. The van der Waals surface area contributed by atoms with Crippen molar-refractivity contribution in [3.63, 3.8) is 0 Å². The van der Waals surface area contributed by atoms with E-state index in [2.05, 4.69) is 40.7 Å². The number of hydrogen-bond donors (Lipinski definition) is 1. The minimum atomic E-state index is -0.467. The summed E-state index contributed by atoms with van der Waals surface area (Å²) in [6, 6.07) is 13.1. The van der Waals surface area contributed by atoms with Crippen LogP contribution in [0.5, 0.6) is 5.75 Å². The second-order valence-electron chi connectivity index (χ2n) is 9.02. The molecule has 3 rings (SSSR count). The highest BCUT2D eigenvalue weighted by molar-refractivity contribution is 6.00. The van der Waals surface area contributed by atoms with Gasteiger partial charge in [-0.15, -0.1) is 0 Å². The summed E-state index contributed by atoms with van der Waals surface area (Å²) in [5.41, 5.74) is 9.33. The molecule has 1 aliphatic heterocycles. The molecule has 0 fully saturated rings. The second-order valence-corrected chi connectivity index (χ2v) is 9.02. The van der Waals surface area contributed by atoms with E-state index in [1.807, 2.05) is 24.3 Å². The number of primary amides is 1. The van der Waals surface area contributed by atoms with Gasteiger partial charge in [-0.1, -0.05) is 34.6 Å². The lowest BCUT2D eigenvalue weighted by Crippen LogP contribution is -2.15. The summed E-state index contributed by atoms with van der Waals surface area (Å²) in [6.07, 6.45) is 5.34. The van der Waals surface area contributed by atoms with Gasteiger partial charge < -0.3 is 15.2 Å². The van der Waals surface area contributed by atoms with Gasteiger partial charge in [0.25, 0.3) is 0 Å². The molecule has 0 saturated carbocycles. The standard InChI is InChI=1S/C26H30N2O3/c1-17(2)16-31-23-13-12-20(15-21(23)26(3,4)5)22-7-6-14-30-25(28-22)19-10-8-18(9-11-19)24(27)29/h6-15,17H,16H2,1-5H3,(H2,27,29). The number of nitrogens with two attached hydrogens (primary N) is 1. The number of benzene rings is 2.